The Balaban J connectivity index is 0.00000106. The molecule has 1 aromatic heterocycles. The third-order valence-electron chi connectivity index (χ3n) is 3.96. The molecule has 0 saturated carbocycles. The highest BCUT2D eigenvalue weighted by Crippen LogP contribution is 2.18. The topological polar surface area (TPSA) is 19.4 Å². The minimum absolute atomic E-state index is 0.562. The molecule has 0 unspecified atom stereocenters. The molecule has 0 aliphatic carbocycles. The van der Waals surface area contributed by atoms with Gasteiger partial charge in [-0.15, -0.1) is 0 Å². The van der Waals surface area contributed by atoms with Crippen LogP contribution in [-0.2, 0) is 0 Å². The van der Waals surface area contributed by atoms with Gasteiger partial charge in [0.15, 0.2) is 0 Å². The van der Waals surface area contributed by atoms with Gasteiger partial charge in [0.25, 0.3) is 0 Å². The Morgan fingerprint density at radius 1 is 1.10 bits per heavy atom. The van der Waals surface area contributed by atoms with Crippen LogP contribution in [0.3, 0.4) is 0 Å². The van der Waals surface area contributed by atoms with Crippen LogP contribution >= 0.6 is 0 Å². The van der Waals surface area contributed by atoms with Gasteiger partial charge in [-0.25, -0.2) is 4.98 Å². The van der Waals surface area contributed by atoms with Crippen molar-refractivity contribution >= 4 is 5.82 Å². The lowest BCUT2D eigenvalue weighted by atomic mass is 10.1. The number of unbranched alkanes of at least 4 members (excludes halogenated alkanes) is 1. The van der Waals surface area contributed by atoms with Gasteiger partial charge in [-0.05, 0) is 30.5 Å². The van der Waals surface area contributed by atoms with Crippen molar-refractivity contribution < 1.29 is 0 Å². The summed E-state index contributed by atoms with van der Waals surface area (Å²) in [5.74, 6) is 1.70. The average molecular weight is 291 g/mol. The highest BCUT2D eigenvalue weighted by Gasteiger charge is 2.17. The Labute approximate surface area is 131 Å². The van der Waals surface area contributed by atoms with E-state index in [-0.39, 0.29) is 0 Å². The molecule has 0 bridgehead atoms. The first kappa shape index (κ1) is 18.0. The van der Waals surface area contributed by atoms with E-state index in [9.17, 15) is 0 Å². The molecule has 0 atom stereocenters. The molecule has 1 aliphatic heterocycles. The molecule has 0 amide bonds. The lowest BCUT2D eigenvalue weighted by Crippen LogP contribution is -2.46. The summed E-state index contributed by atoms with van der Waals surface area (Å²) in [6.45, 7) is 16.5. The molecule has 21 heavy (non-hydrogen) atoms. The van der Waals surface area contributed by atoms with Crippen molar-refractivity contribution in [3.8, 4) is 0 Å². The van der Waals surface area contributed by atoms with E-state index in [4.69, 9.17) is 0 Å². The summed E-state index contributed by atoms with van der Waals surface area (Å²) in [5, 5.41) is 0. The van der Waals surface area contributed by atoms with E-state index in [0.29, 0.717) is 5.92 Å². The Bertz CT molecular complexity index is 365. The average Bonchev–Trinajstić information content (AvgIpc) is 2.55. The number of pyridine rings is 1. The van der Waals surface area contributed by atoms with Crippen LogP contribution in [0.15, 0.2) is 18.3 Å². The van der Waals surface area contributed by atoms with Gasteiger partial charge in [-0.2, -0.15) is 0 Å². The number of piperazine rings is 1. The Hall–Kier alpha value is -1.09. The summed E-state index contributed by atoms with van der Waals surface area (Å²) >= 11 is 0. The number of hydrogen-bond donors (Lipinski definition) is 0. The molecule has 2 rings (SSSR count). The minimum atomic E-state index is 0.562. The van der Waals surface area contributed by atoms with E-state index in [1.807, 2.05) is 20.0 Å². The third-order valence-corrected chi connectivity index (χ3v) is 3.96. The molecule has 1 saturated heterocycles. The smallest absolute Gasteiger partial charge is 0.128 e. The maximum atomic E-state index is 4.62. The number of anilines is 1. The fourth-order valence-electron chi connectivity index (χ4n) is 2.51. The number of rotatable bonds is 5. The molecular formula is C18H33N3. The van der Waals surface area contributed by atoms with Gasteiger partial charge in [-0.1, -0.05) is 47.1 Å². The van der Waals surface area contributed by atoms with E-state index in [1.165, 1.54) is 38.0 Å². The Morgan fingerprint density at radius 2 is 1.76 bits per heavy atom. The van der Waals surface area contributed by atoms with E-state index in [0.717, 1.165) is 18.9 Å². The first-order chi connectivity index (χ1) is 10.2. The molecule has 3 nitrogen and oxygen atoms in total. The van der Waals surface area contributed by atoms with E-state index in [2.05, 4.69) is 47.7 Å². The van der Waals surface area contributed by atoms with Gasteiger partial charge in [-0.3, -0.25) is 4.90 Å². The second-order valence-corrected chi connectivity index (χ2v) is 5.79. The highest BCUT2D eigenvalue weighted by atomic mass is 15.3. The molecule has 0 N–H and O–H groups in total. The van der Waals surface area contributed by atoms with Gasteiger partial charge in [0.1, 0.15) is 5.82 Å². The molecular weight excluding hydrogens is 258 g/mol. The van der Waals surface area contributed by atoms with Crippen LogP contribution in [0.5, 0.6) is 0 Å². The highest BCUT2D eigenvalue weighted by molar-refractivity contribution is 5.40. The fourth-order valence-corrected chi connectivity index (χ4v) is 2.51. The largest absolute Gasteiger partial charge is 0.354 e. The number of nitrogens with zero attached hydrogens (tertiary/aromatic N) is 3. The molecule has 0 radical (unpaired) electrons. The first-order valence-electron chi connectivity index (χ1n) is 8.64. The number of hydrogen-bond acceptors (Lipinski definition) is 3. The second-order valence-electron chi connectivity index (χ2n) is 5.79. The van der Waals surface area contributed by atoms with Gasteiger partial charge < -0.3 is 4.90 Å². The maximum absolute atomic E-state index is 4.62. The second kappa shape index (κ2) is 9.78. The van der Waals surface area contributed by atoms with E-state index < -0.39 is 0 Å². The van der Waals surface area contributed by atoms with Crippen LogP contribution in [0.1, 0.15) is 58.9 Å². The van der Waals surface area contributed by atoms with Crippen molar-refractivity contribution in [1.29, 1.82) is 0 Å². The van der Waals surface area contributed by atoms with Crippen LogP contribution < -0.4 is 4.90 Å². The van der Waals surface area contributed by atoms with E-state index >= 15 is 0 Å². The first-order valence-corrected chi connectivity index (χ1v) is 8.64. The lowest BCUT2D eigenvalue weighted by Gasteiger charge is -2.35. The molecule has 1 aromatic rings. The minimum Gasteiger partial charge on any atom is -0.354 e. The van der Waals surface area contributed by atoms with Gasteiger partial charge in [0.05, 0.1) is 0 Å². The van der Waals surface area contributed by atoms with Crippen molar-refractivity contribution in [3.63, 3.8) is 0 Å². The normalized spacial score (nSPS) is 15.8. The molecule has 0 aromatic carbocycles. The van der Waals surface area contributed by atoms with Crippen LogP contribution in [0, 0.1) is 0 Å². The molecule has 3 heteroatoms. The van der Waals surface area contributed by atoms with Crippen molar-refractivity contribution in [2.24, 2.45) is 0 Å². The predicted octanol–water partition coefficient (Wildman–Crippen LogP) is 4.15. The van der Waals surface area contributed by atoms with Crippen molar-refractivity contribution in [2.75, 3.05) is 37.6 Å². The summed E-state index contributed by atoms with van der Waals surface area (Å²) in [5.41, 5.74) is 1.32. The van der Waals surface area contributed by atoms with E-state index in [1.54, 1.807) is 0 Å². The Morgan fingerprint density at radius 3 is 2.24 bits per heavy atom. The van der Waals surface area contributed by atoms with Gasteiger partial charge in [0.2, 0.25) is 0 Å². The third kappa shape index (κ3) is 5.66. The van der Waals surface area contributed by atoms with Crippen molar-refractivity contribution in [1.82, 2.24) is 9.88 Å². The fraction of sp³-hybridized carbons (Fsp3) is 0.722. The summed E-state index contributed by atoms with van der Waals surface area (Å²) in [4.78, 5) is 9.60. The Kier molecular flexibility index (Phi) is 8.36. The summed E-state index contributed by atoms with van der Waals surface area (Å²) in [7, 11) is 0. The lowest BCUT2D eigenvalue weighted by molar-refractivity contribution is 0.253. The van der Waals surface area contributed by atoms with Crippen LogP contribution in [0.4, 0.5) is 5.82 Å². The quantitative estimate of drug-likeness (QED) is 0.812. The zero-order chi connectivity index (χ0) is 15.7. The van der Waals surface area contributed by atoms with Crippen molar-refractivity contribution in [2.45, 2.75) is 53.4 Å². The molecule has 2 heterocycles. The molecule has 1 aliphatic rings. The monoisotopic (exact) mass is 291 g/mol. The summed E-state index contributed by atoms with van der Waals surface area (Å²) < 4.78 is 0. The van der Waals surface area contributed by atoms with Crippen LogP contribution in [0.2, 0.25) is 0 Å². The summed E-state index contributed by atoms with van der Waals surface area (Å²) in [6, 6.07) is 4.40. The maximum Gasteiger partial charge on any atom is 0.128 e. The predicted molar refractivity (Wildman–Crippen MR) is 93.2 cm³/mol. The molecule has 0 spiro atoms. The standard InChI is InChI=1S/C16H27N3.C2H6/c1-4-5-8-18-9-11-19(12-10-18)16-7-6-15(13-17-16)14(2)3;1-2/h6-7,13-14H,4-5,8-12H2,1-3H3;1-2H3. The van der Waals surface area contributed by atoms with Crippen LogP contribution in [-0.4, -0.2) is 42.6 Å². The summed E-state index contributed by atoms with van der Waals surface area (Å²) in [6.07, 6.45) is 4.64. The molecule has 120 valence electrons. The van der Waals surface area contributed by atoms with Crippen LogP contribution in [0.25, 0.3) is 0 Å². The van der Waals surface area contributed by atoms with Gasteiger partial charge in [0, 0.05) is 32.4 Å². The molecule has 1 fully saturated rings. The zero-order valence-corrected chi connectivity index (χ0v) is 14.6. The van der Waals surface area contributed by atoms with Gasteiger partial charge >= 0.3 is 0 Å². The zero-order valence-electron chi connectivity index (χ0n) is 14.6. The SMILES string of the molecule is CC.CCCCN1CCN(c2ccc(C(C)C)cn2)CC1. The van der Waals surface area contributed by atoms with Crippen molar-refractivity contribution in [3.05, 3.63) is 23.9 Å². The number of aromatic nitrogens is 1.